The van der Waals surface area contributed by atoms with Gasteiger partial charge in [-0.25, -0.2) is 8.42 Å². The van der Waals surface area contributed by atoms with E-state index in [1.807, 2.05) is 0 Å². The first kappa shape index (κ1) is 8.30. The first-order valence-electron chi connectivity index (χ1n) is 3.09. The SMILES string of the molecule is Cl.O=S1(=O)CCC12CNC2. The third kappa shape index (κ3) is 0.726. The van der Waals surface area contributed by atoms with Gasteiger partial charge in [-0.3, -0.25) is 0 Å². The summed E-state index contributed by atoms with van der Waals surface area (Å²) in [7, 11) is -2.65. The van der Waals surface area contributed by atoms with Crippen LogP contribution in [0, 0.1) is 0 Å². The molecule has 2 aliphatic heterocycles. The second kappa shape index (κ2) is 2.09. The van der Waals surface area contributed by atoms with Gasteiger partial charge in [0.15, 0.2) is 9.84 Å². The van der Waals surface area contributed by atoms with Gasteiger partial charge in [-0.15, -0.1) is 12.4 Å². The predicted octanol–water partition coefficient (Wildman–Crippen LogP) is -0.431. The second-order valence-electron chi connectivity index (χ2n) is 2.86. The molecule has 1 spiro atoms. The number of sulfone groups is 1. The molecule has 0 radical (unpaired) electrons. The smallest absolute Gasteiger partial charge is 0.158 e. The van der Waals surface area contributed by atoms with Crippen molar-refractivity contribution in [2.24, 2.45) is 0 Å². The zero-order chi connectivity index (χ0) is 6.54. The number of halogens is 1. The molecule has 0 aromatic rings. The molecule has 0 aromatic carbocycles. The summed E-state index contributed by atoms with van der Waals surface area (Å²) in [5.41, 5.74) is 0. The van der Waals surface area contributed by atoms with Crippen molar-refractivity contribution in [3.8, 4) is 0 Å². The van der Waals surface area contributed by atoms with Gasteiger partial charge in [-0.05, 0) is 6.42 Å². The molecular weight excluding hydrogens is 174 g/mol. The summed E-state index contributed by atoms with van der Waals surface area (Å²) in [6.07, 6.45) is 0.877. The van der Waals surface area contributed by atoms with Crippen LogP contribution >= 0.6 is 12.4 Å². The van der Waals surface area contributed by atoms with Crippen molar-refractivity contribution in [2.75, 3.05) is 18.8 Å². The van der Waals surface area contributed by atoms with E-state index in [1.54, 1.807) is 0 Å². The van der Waals surface area contributed by atoms with Crippen molar-refractivity contribution < 1.29 is 8.42 Å². The molecule has 0 aliphatic carbocycles. The Bertz CT molecular complexity index is 227. The summed E-state index contributed by atoms with van der Waals surface area (Å²) < 4.78 is 21.7. The van der Waals surface area contributed by atoms with E-state index in [4.69, 9.17) is 0 Å². The van der Waals surface area contributed by atoms with Gasteiger partial charge in [0.2, 0.25) is 0 Å². The lowest BCUT2D eigenvalue weighted by Gasteiger charge is -2.48. The number of hydrogen-bond acceptors (Lipinski definition) is 3. The van der Waals surface area contributed by atoms with Crippen LogP contribution < -0.4 is 5.32 Å². The molecule has 0 saturated carbocycles. The Morgan fingerprint density at radius 1 is 1.30 bits per heavy atom. The van der Waals surface area contributed by atoms with Gasteiger partial charge in [0.25, 0.3) is 0 Å². The molecule has 10 heavy (non-hydrogen) atoms. The summed E-state index contributed by atoms with van der Waals surface area (Å²) in [5, 5.41) is 2.98. The van der Waals surface area contributed by atoms with Crippen LogP contribution in [0.3, 0.4) is 0 Å². The van der Waals surface area contributed by atoms with E-state index in [9.17, 15) is 8.42 Å². The fourth-order valence-electron chi connectivity index (χ4n) is 1.36. The van der Waals surface area contributed by atoms with Crippen LogP contribution in [0.15, 0.2) is 0 Å². The summed E-state index contributed by atoms with van der Waals surface area (Å²) in [6, 6.07) is 0. The maximum Gasteiger partial charge on any atom is 0.158 e. The summed E-state index contributed by atoms with van der Waals surface area (Å²) in [4.78, 5) is 0. The van der Waals surface area contributed by atoms with Crippen LogP contribution in [0.4, 0.5) is 0 Å². The van der Waals surface area contributed by atoms with E-state index in [-0.39, 0.29) is 17.2 Å². The number of rotatable bonds is 0. The summed E-state index contributed by atoms with van der Waals surface area (Å²) >= 11 is 0. The van der Waals surface area contributed by atoms with E-state index in [1.165, 1.54) is 0 Å². The molecule has 60 valence electrons. The fourth-order valence-corrected chi connectivity index (χ4v) is 3.12. The molecule has 0 atom stereocenters. The molecule has 2 aliphatic rings. The van der Waals surface area contributed by atoms with Crippen LogP contribution in [0.1, 0.15) is 6.42 Å². The van der Waals surface area contributed by atoms with Gasteiger partial charge in [-0.1, -0.05) is 0 Å². The minimum atomic E-state index is -2.65. The lowest BCUT2D eigenvalue weighted by atomic mass is 9.98. The first-order valence-corrected chi connectivity index (χ1v) is 4.75. The molecule has 0 amide bonds. The zero-order valence-electron chi connectivity index (χ0n) is 5.46. The van der Waals surface area contributed by atoms with Crippen molar-refractivity contribution in [1.29, 1.82) is 0 Å². The normalized spacial score (nSPS) is 31.6. The standard InChI is InChI=1S/C5H9NO2S.ClH/c7-9(8)2-1-5(9)3-6-4-5;/h6H,1-4H2;1H. The van der Waals surface area contributed by atoms with Crippen molar-refractivity contribution in [3.05, 3.63) is 0 Å². The lowest BCUT2D eigenvalue weighted by Crippen LogP contribution is -2.70. The molecule has 2 heterocycles. The predicted molar refractivity (Wildman–Crippen MR) is 41.3 cm³/mol. The average Bonchev–Trinajstić information content (AvgIpc) is 1.59. The molecular formula is C5H10ClNO2S. The Balaban J connectivity index is 0.000000500. The minimum Gasteiger partial charge on any atom is -0.313 e. The zero-order valence-corrected chi connectivity index (χ0v) is 7.09. The van der Waals surface area contributed by atoms with E-state index < -0.39 is 9.84 Å². The Morgan fingerprint density at radius 2 is 1.90 bits per heavy atom. The molecule has 2 saturated heterocycles. The summed E-state index contributed by atoms with van der Waals surface area (Å²) in [6.45, 7) is 1.38. The highest BCUT2D eigenvalue weighted by Crippen LogP contribution is 2.36. The van der Waals surface area contributed by atoms with Crippen LogP contribution in [0.5, 0.6) is 0 Å². The maximum atomic E-state index is 11.0. The number of hydrogen-bond donors (Lipinski definition) is 1. The summed E-state index contributed by atoms with van der Waals surface area (Å²) in [5.74, 6) is 0.411. The van der Waals surface area contributed by atoms with E-state index in [2.05, 4.69) is 5.32 Å². The van der Waals surface area contributed by atoms with Crippen molar-refractivity contribution in [2.45, 2.75) is 11.2 Å². The third-order valence-corrected chi connectivity index (χ3v) is 4.93. The Hall–Kier alpha value is 0.200. The second-order valence-corrected chi connectivity index (χ2v) is 5.36. The third-order valence-electron chi connectivity index (χ3n) is 2.38. The molecule has 0 aromatic heterocycles. The van der Waals surface area contributed by atoms with Crippen LogP contribution in [-0.2, 0) is 9.84 Å². The topological polar surface area (TPSA) is 46.2 Å². The lowest BCUT2D eigenvalue weighted by molar-refractivity contribution is 0.327. The van der Waals surface area contributed by atoms with Crippen molar-refractivity contribution in [3.63, 3.8) is 0 Å². The van der Waals surface area contributed by atoms with Gasteiger partial charge in [0.05, 0.1) is 10.5 Å². The molecule has 2 fully saturated rings. The highest BCUT2D eigenvalue weighted by molar-refractivity contribution is 7.94. The first-order chi connectivity index (χ1) is 4.16. The minimum absolute atomic E-state index is 0. The van der Waals surface area contributed by atoms with Crippen LogP contribution in [0.25, 0.3) is 0 Å². The quantitative estimate of drug-likeness (QED) is 0.555. The molecule has 0 bridgehead atoms. The highest BCUT2D eigenvalue weighted by Gasteiger charge is 2.55. The average molecular weight is 184 g/mol. The molecule has 5 heteroatoms. The van der Waals surface area contributed by atoms with Gasteiger partial charge >= 0.3 is 0 Å². The highest BCUT2D eigenvalue weighted by atomic mass is 35.5. The van der Waals surface area contributed by atoms with Crippen LogP contribution in [-0.4, -0.2) is 32.0 Å². The van der Waals surface area contributed by atoms with Gasteiger partial charge in [0, 0.05) is 13.1 Å². The van der Waals surface area contributed by atoms with E-state index in [0.29, 0.717) is 18.8 Å². The van der Waals surface area contributed by atoms with Crippen molar-refractivity contribution in [1.82, 2.24) is 5.32 Å². The van der Waals surface area contributed by atoms with Gasteiger partial charge in [-0.2, -0.15) is 0 Å². The van der Waals surface area contributed by atoms with Crippen molar-refractivity contribution >= 4 is 22.2 Å². The molecule has 3 nitrogen and oxygen atoms in total. The maximum absolute atomic E-state index is 11.0. The largest absolute Gasteiger partial charge is 0.313 e. The van der Waals surface area contributed by atoms with E-state index in [0.717, 1.165) is 6.42 Å². The fraction of sp³-hybridized carbons (Fsp3) is 1.00. The molecule has 1 N–H and O–H groups in total. The number of nitrogens with one attached hydrogen (secondary N) is 1. The monoisotopic (exact) mass is 183 g/mol. The van der Waals surface area contributed by atoms with Gasteiger partial charge in [0.1, 0.15) is 0 Å². The van der Waals surface area contributed by atoms with E-state index >= 15 is 0 Å². The Labute approximate surface area is 66.5 Å². The molecule has 0 unspecified atom stereocenters. The molecule has 2 rings (SSSR count). The Kier molecular flexibility index (Phi) is 1.74. The Morgan fingerprint density at radius 3 is 1.90 bits per heavy atom. The van der Waals surface area contributed by atoms with Crippen LogP contribution in [0.2, 0.25) is 0 Å². The van der Waals surface area contributed by atoms with Gasteiger partial charge < -0.3 is 5.32 Å².